The van der Waals surface area contributed by atoms with Gasteiger partial charge in [-0.1, -0.05) is 6.07 Å². The van der Waals surface area contributed by atoms with Crippen molar-refractivity contribution in [1.82, 2.24) is 0 Å². The fourth-order valence-electron chi connectivity index (χ4n) is 3.05. The molecule has 1 aliphatic heterocycles. The summed E-state index contributed by atoms with van der Waals surface area (Å²) in [7, 11) is 1.72. The Morgan fingerprint density at radius 3 is 3.13 bits per heavy atom. The van der Waals surface area contributed by atoms with Crippen LogP contribution in [0, 0.1) is 0 Å². The van der Waals surface area contributed by atoms with Crippen molar-refractivity contribution in [2.24, 2.45) is 0 Å². The minimum atomic E-state index is 0.0503. The zero-order chi connectivity index (χ0) is 10.5. The fourth-order valence-corrected chi connectivity index (χ4v) is 3.05. The lowest BCUT2D eigenvalue weighted by atomic mass is 9.90. The Balaban J connectivity index is 2.05. The van der Waals surface area contributed by atoms with Gasteiger partial charge in [-0.3, -0.25) is 0 Å². The van der Waals surface area contributed by atoms with Crippen molar-refractivity contribution in [2.45, 2.75) is 31.3 Å². The van der Waals surface area contributed by atoms with Gasteiger partial charge < -0.3 is 9.47 Å². The van der Waals surface area contributed by atoms with Crippen molar-refractivity contribution in [3.8, 4) is 5.75 Å². The molecule has 0 N–H and O–H groups in total. The first-order valence-corrected chi connectivity index (χ1v) is 5.54. The molecule has 0 bridgehead atoms. The fraction of sp³-hybridized carbons (Fsp3) is 0.538. The molecule has 0 amide bonds. The van der Waals surface area contributed by atoms with Gasteiger partial charge in [0.1, 0.15) is 5.75 Å². The van der Waals surface area contributed by atoms with Crippen molar-refractivity contribution in [1.29, 1.82) is 0 Å². The highest BCUT2D eigenvalue weighted by atomic mass is 16.5. The van der Waals surface area contributed by atoms with Crippen LogP contribution in [0.15, 0.2) is 18.2 Å². The molecule has 0 aromatic heterocycles. The molecule has 1 fully saturated rings. The SMILES string of the molecule is COc1ccc2c(c1)C[C@]1(C)OCC[C@H]21. The Labute approximate surface area is 90.2 Å². The summed E-state index contributed by atoms with van der Waals surface area (Å²) >= 11 is 0. The van der Waals surface area contributed by atoms with Gasteiger partial charge in [-0.15, -0.1) is 0 Å². The van der Waals surface area contributed by atoms with Crippen LogP contribution in [0.25, 0.3) is 0 Å². The van der Waals surface area contributed by atoms with Gasteiger partial charge in [0.25, 0.3) is 0 Å². The van der Waals surface area contributed by atoms with E-state index in [4.69, 9.17) is 9.47 Å². The zero-order valence-corrected chi connectivity index (χ0v) is 9.25. The van der Waals surface area contributed by atoms with E-state index in [0.29, 0.717) is 5.92 Å². The predicted octanol–water partition coefficient (Wildman–Crippen LogP) is 2.51. The molecule has 1 aromatic carbocycles. The lowest BCUT2D eigenvalue weighted by Gasteiger charge is -2.22. The number of hydrogen-bond acceptors (Lipinski definition) is 2. The minimum Gasteiger partial charge on any atom is -0.497 e. The smallest absolute Gasteiger partial charge is 0.119 e. The number of ether oxygens (including phenoxy) is 2. The van der Waals surface area contributed by atoms with Crippen LogP contribution in [0.1, 0.15) is 30.4 Å². The Morgan fingerprint density at radius 2 is 2.33 bits per heavy atom. The van der Waals surface area contributed by atoms with Gasteiger partial charge in [-0.25, -0.2) is 0 Å². The summed E-state index contributed by atoms with van der Waals surface area (Å²) in [5.41, 5.74) is 2.92. The molecule has 3 rings (SSSR count). The maximum atomic E-state index is 5.88. The summed E-state index contributed by atoms with van der Waals surface area (Å²) in [6, 6.07) is 6.42. The van der Waals surface area contributed by atoms with E-state index >= 15 is 0 Å². The summed E-state index contributed by atoms with van der Waals surface area (Å²) in [4.78, 5) is 0. The van der Waals surface area contributed by atoms with Crippen LogP contribution < -0.4 is 4.74 Å². The molecular formula is C13H16O2. The van der Waals surface area contributed by atoms with E-state index in [2.05, 4.69) is 25.1 Å². The van der Waals surface area contributed by atoms with Crippen LogP contribution in [-0.4, -0.2) is 19.3 Å². The first-order valence-electron chi connectivity index (χ1n) is 5.54. The standard InChI is InChI=1S/C13H16O2/c1-13-8-9-7-10(14-2)3-4-11(9)12(13)5-6-15-13/h3-4,7,12H,5-6,8H2,1-2H3/t12-,13+/m1/s1. The number of methoxy groups -OCH3 is 1. The molecule has 0 radical (unpaired) electrons. The van der Waals surface area contributed by atoms with Crippen LogP contribution >= 0.6 is 0 Å². The maximum absolute atomic E-state index is 5.88. The third kappa shape index (κ3) is 1.21. The van der Waals surface area contributed by atoms with Crippen molar-refractivity contribution in [2.75, 3.05) is 13.7 Å². The van der Waals surface area contributed by atoms with Crippen molar-refractivity contribution in [3.05, 3.63) is 29.3 Å². The van der Waals surface area contributed by atoms with E-state index in [1.165, 1.54) is 11.1 Å². The summed E-state index contributed by atoms with van der Waals surface area (Å²) in [6.07, 6.45) is 2.19. The largest absolute Gasteiger partial charge is 0.497 e. The quantitative estimate of drug-likeness (QED) is 0.699. The second kappa shape index (κ2) is 2.99. The molecule has 0 spiro atoms. The molecule has 2 atom stereocenters. The number of hydrogen-bond donors (Lipinski definition) is 0. The van der Waals surface area contributed by atoms with Crippen LogP contribution in [0.4, 0.5) is 0 Å². The van der Waals surface area contributed by atoms with E-state index in [1.807, 2.05) is 0 Å². The highest BCUT2D eigenvalue weighted by molar-refractivity contribution is 5.44. The Kier molecular flexibility index (Phi) is 1.84. The van der Waals surface area contributed by atoms with E-state index in [1.54, 1.807) is 7.11 Å². The highest BCUT2D eigenvalue weighted by Gasteiger charge is 2.46. The molecule has 80 valence electrons. The number of rotatable bonds is 1. The van der Waals surface area contributed by atoms with Gasteiger partial charge in [-0.2, -0.15) is 0 Å². The average Bonchev–Trinajstić information content (AvgIpc) is 2.70. The Hall–Kier alpha value is -1.02. The molecule has 2 nitrogen and oxygen atoms in total. The topological polar surface area (TPSA) is 18.5 Å². The lowest BCUT2D eigenvalue weighted by molar-refractivity contribution is 0.0188. The summed E-state index contributed by atoms with van der Waals surface area (Å²) in [6.45, 7) is 3.14. The third-order valence-corrected chi connectivity index (χ3v) is 3.84. The normalized spacial score (nSPS) is 32.5. The molecule has 1 aliphatic carbocycles. The van der Waals surface area contributed by atoms with Gasteiger partial charge in [0, 0.05) is 18.9 Å². The zero-order valence-electron chi connectivity index (χ0n) is 9.25. The molecule has 1 saturated heterocycles. The predicted molar refractivity (Wildman–Crippen MR) is 58.4 cm³/mol. The maximum Gasteiger partial charge on any atom is 0.119 e. The monoisotopic (exact) mass is 204 g/mol. The lowest BCUT2D eigenvalue weighted by Crippen LogP contribution is -2.26. The van der Waals surface area contributed by atoms with Crippen LogP contribution in [0.3, 0.4) is 0 Å². The molecule has 15 heavy (non-hydrogen) atoms. The molecule has 2 aliphatic rings. The number of fused-ring (bicyclic) bond motifs is 3. The van der Waals surface area contributed by atoms with Gasteiger partial charge in [-0.05, 0) is 36.6 Å². The van der Waals surface area contributed by atoms with Crippen LogP contribution in [-0.2, 0) is 11.2 Å². The van der Waals surface area contributed by atoms with Crippen molar-refractivity contribution >= 4 is 0 Å². The molecule has 2 heteroatoms. The summed E-state index contributed by atoms with van der Waals surface area (Å²) in [5.74, 6) is 1.55. The van der Waals surface area contributed by atoms with Gasteiger partial charge >= 0.3 is 0 Å². The molecule has 1 heterocycles. The van der Waals surface area contributed by atoms with Crippen LogP contribution in [0.2, 0.25) is 0 Å². The minimum absolute atomic E-state index is 0.0503. The summed E-state index contributed by atoms with van der Waals surface area (Å²) < 4.78 is 11.1. The van der Waals surface area contributed by atoms with Crippen molar-refractivity contribution < 1.29 is 9.47 Å². The van der Waals surface area contributed by atoms with E-state index < -0.39 is 0 Å². The second-order valence-electron chi connectivity index (χ2n) is 4.74. The Bertz CT molecular complexity index is 400. The second-order valence-corrected chi connectivity index (χ2v) is 4.74. The van der Waals surface area contributed by atoms with E-state index in [0.717, 1.165) is 25.2 Å². The van der Waals surface area contributed by atoms with Gasteiger partial charge in [0.15, 0.2) is 0 Å². The highest BCUT2D eigenvalue weighted by Crippen LogP contribution is 2.49. The third-order valence-electron chi connectivity index (χ3n) is 3.84. The first kappa shape index (κ1) is 9.22. The Morgan fingerprint density at radius 1 is 1.47 bits per heavy atom. The van der Waals surface area contributed by atoms with Gasteiger partial charge in [0.2, 0.25) is 0 Å². The van der Waals surface area contributed by atoms with Crippen LogP contribution in [0.5, 0.6) is 5.75 Å². The summed E-state index contributed by atoms with van der Waals surface area (Å²) in [5, 5.41) is 0. The van der Waals surface area contributed by atoms with E-state index in [9.17, 15) is 0 Å². The molecular weight excluding hydrogens is 188 g/mol. The molecule has 0 saturated carbocycles. The first-order chi connectivity index (χ1) is 7.23. The average molecular weight is 204 g/mol. The number of benzene rings is 1. The van der Waals surface area contributed by atoms with E-state index in [-0.39, 0.29) is 5.60 Å². The van der Waals surface area contributed by atoms with Gasteiger partial charge in [0.05, 0.1) is 12.7 Å². The van der Waals surface area contributed by atoms with Crippen molar-refractivity contribution in [3.63, 3.8) is 0 Å². The molecule has 1 aromatic rings. The molecule has 0 unspecified atom stereocenters.